The van der Waals surface area contributed by atoms with Crippen LogP contribution in [0.4, 0.5) is 18.0 Å². The molecule has 1 aliphatic heterocycles. The van der Waals surface area contributed by atoms with Gasteiger partial charge < -0.3 is 15.7 Å². The Kier molecular flexibility index (Phi) is 4.29. The van der Waals surface area contributed by atoms with Crippen LogP contribution in [0.1, 0.15) is 21.3 Å². The summed E-state index contributed by atoms with van der Waals surface area (Å²) in [7, 11) is 0. The maximum Gasteiger partial charge on any atom is 0.437 e. The molecule has 9 heteroatoms. The fourth-order valence-corrected chi connectivity index (χ4v) is 3.55. The van der Waals surface area contributed by atoms with E-state index in [-0.39, 0.29) is 10.4 Å². The number of urea groups is 1. The van der Waals surface area contributed by atoms with Gasteiger partial charge in [-0.15, -0.1) is 11.3 Å². The van der Waals surface area contributed by atoms with Crippen molar-refractivity contribution in [3.63, 3.8) is 0 Å². The summed E-state index contributed by atoms with van der Waals surface area (Å²) in [5, 5.41) is 15.7. The summed E-state index contributed by atoms with van der Waals surface area (Å²) in [4.78, 5) is 24.6. The van der Waals surface area contributed by atoms with E-state index in [1.807, 2.05) is 0 Å². The molecule has 0 unspecified atom stereocenters. The van der Waals surface area contributed by atoms with Gasteiger partial charge in [0.05, 0.1) is 10.9 Å². The number of thiophene rings is 1. The van der Waals surface area contributed by atoms with Crippen molar-refractivity contribution in [2.75, 3.05) is 0 Å². The third-order valence-corrected chi connectivity index (χ3v) is 4.90. The predicted molar refractivity (Wildman–Crippen MR) is 84.0 cm³/mol. The molecule has 0 saturated carbocycles. The lowest BCUT2D eigenvalue weighted by Gasteiger charge is -2.44. The molecule has 1 saturated heterocycles. The maximum atomic E-state index is 13.6. The lowest BCUT2D eigenvalue weighted by Crippen LogP contribution is -2.72. The normalized spacial score (nSPS) is 26.6. The summed E-state index contributed by atoms with van der Waals surface area (Å²) in [6, 6.07) is 8.13. The fourth-order valence-electron chi connectivity index (χ4n) is 2.85. The third kappa shape index (κ3) is 3.00. The van der Waals surface area contributed by atoms with E-state index < -0.39 is 35.7 Å². The van der Waals surface area contributed by atoms with Crippen LogP contribution in [-0.4, -0.2) is 28.8 Å². The van der Waals surface area contributed by atoms with Crippen molar-refractivity contribution in [2.24, 2.45) is 5.92 Å². The van der Waals surface area contributed by atoms with Crippen LogP contribution in [0.25, 0.3) is 0 Å². The minimum Gasteiger partial charge on any atom is -0.363 e. The Balaban J connectivity index is 2.15. The number of benzene rings is 1. The molecule has 1 aromatic heterocycles. The number of alkyl halides is 3. The molecule has 0 radical (unpaired) electrons. The number of ketones is 1. The van der Waals surface area contributed by atoms with Crippen LogP contribution in [0.15, 0.2) is 47.8 Å². The Bertz CT molecular complexity index is 780. The van der Waals surface area contributed by atoms with E-state index in [0.717, 1.165) is 11.3 Å². The lowest BCUT2D eigenvalue weighted by atomic mass is 9.78. The lowest BCUT2D eigenvalue weighted by molar-refractivity contribution is -0.287. The third-order valence-electron chi connectivity index (χ3n) is 4.01. The minimum absolute atomic E-state index is 0.0616. The molecule has 3 N–H and O–H groups in total. The highest BCUT2D eigenvalue weighted by Gasteiger charge is 2.66. The smallest absolute Gasteiger partial charge is 0.363 e. The summed E-state index contributed by atoms with van der Waals surface area (Å²) in [5.74, 6) is -2.89. The monoisotopic (exact) mass is 370 g/mol. The average molecular weight is 370 g/mol. The zero-order valence-corrected chi connectivity index (χ0v) is 13.4. The molecule has 0 aliphatic carbocycles. The highest BCUT2D eigenvalue weighted by molar-refractivity contribution is 7.12. The van der Waals surface area contributed by atoms with Crippen LogP contribution in [0.2, 0.25) is 0 Å². The van der Waals surface area contributed by atoms with Crippen LogP contribution in [0.3, 0.4) is 0 Å². The first-order chi connectivity index (χ1) is 11.7. The first-order valence-corrected chi connectivity index (χ1v) is 8.12. The average Bonchev–Trinajstić information content (AvgIpc) is 3.08. The number of carbonyl (C=O) groups is 2. The van der Waals surface area contributed by atoms with Crippen molar-refractivity contribution in [2.45, 2.75) is 17.9 Å². The molecule has 3 atom stereocenters. The molecule has 3 rings (SSSR count). The Morgan fingerprint density at radius 3 is 2.40 bits per heavy atom. The van der Waals surface area contributed by atoms with E-state index in [9.17, 15) is 27.9 Å². The summed E-state index contributed by atoms with van der Waals surface area (Å²) < 4.78 is 40.8. The summed E-state index contributed by atoms with van der Waals surface area (Å²) in [6.07, 6.45) is -5.24. The van der Waals surface area contributed by atoms with Crippen molar-refractivity contribution in [3.05, 3.63) is 58.3 Å². The van der Waals surface area contributed by atoms with Crippen molar-refractivity contribution in [1.29, 1.82) is 0 Å². The standard InChI is InChI=1S/C16H13F3N2O3S/c17-16(18,19)15(24)11(13(22)10-7-4-8-25-10)12(20-14(23)21-15)9-5-2-1-3-6-9/h1-8,11-12,24H,(H2,20,21,23)/t11-,12-,15-/m1/s1. The van der Waals surface area contributed by atoms with Crippen molar-refractivity contribution in [1.82, 2.24) is 10.6 Å². The van der Waals surface area contributed by atoms with Crippen LogP contribution in [0.5, 0.6) is 0 Å². The second-order valence-electron chi connectivity index (χ2n) is 5.57. The number of hydrogen-bond acceptors (Lipinski definition) is 4. The number of nitrogens with one attached hydrogen (secondary N) is 2. The summed E-state index contributed by atoms with van der Waals surface area (Å²) in [6.45, 7) is 0. The summed E-state index contributed by atoms with van der Waals surface area (Å²) in [5.41, 5.74) is -3.40. The first-order valence-electron chi connectivity index (χ1n) is 7.24. The van der Waals surface area contributed by atoms with E-state index in [4.69, 9.17) is 0 Å². The van der Waals surface area contributed by atoms with E-state index in [2.05, 4.69) is 5.32 Å². The van der Waals surface area contributed by atoms with Crippen LogP contribution < -0.4 is 10.6 Å². The molecular weight excluding hydrogens is 357 g/mol. The van der Waals surface area contributed by atoms with Gasteiger partial charge in [-0.1, -0.05) is 36.4 Å². The first kappa shape index (κ1) is 17.4. The van der Waals surface area contributed by atoms with Gasteiger partial charge in [0.15, 0.2) is 5.78 Å². The van der Waals surface area contributed by atoms with Crippen molar-refractivity contribution < 1.29 is 27.9 Å². The van der Waals surface area contributed by atoms with Gasteiger partial charge in [-0.05, 0) is 17.0 Å². The number of rotatable bonds is 3. The Labute approximate surface area is 144 Å². The van der Waals surface area contributed by atoms with Gasteiger partial charge in [0.2, 0.25) is 5.72 Å². The number of aliphatic hydroxyl groups is 1. The second-order valence-corrected chi connectivity index (χ2v) is 6.52. The Morgan fingerprint density at radius 2 is 1.84 bits per heavy atom. The van der Waals surface area contributed by atoms with E-state index in [0.29, 0.717) is 0 Å². The Morgan fingerprint density at radius 1 is 1.16 bits per heavy atom. The number of halogens is 3. The maximum absolute atomic E-state index is 13.6. The molecule has 1 fully saturated rings. The molecule has 2 heterocycles. The van der Waals surface area contributed by atoms with Gasteiger partial charge in [-0.25, -0.2) is 4.79 Å². The van der Waals surface area contributed by atoms with E-state index in [1.54, 1.807) is 23.6 Å². The van der Waals surface area contributed by atoms with Crippen molar-refractivity contribution >= 4 is 23.2 Å². The number of carbonyl (C=O) groups excluding carboxylic acids is 2. The molecule has 1 aromatic carbocycles. The molecule has 132 valence electrons. The van der Waals surface area contributed by atoms with Crippen LogP contribution in [-0.2, 0) is 0 Å². The van der Waals surface area contributed by atoms with Crippen LogP contribution in [0, 0.1) is 5.92 Å². The molecule has 2 amide bonds. The molecule has 1 aliphatic rings. The SMILES string of the molecule is O=C1N[C@H](c2ccccc2)[C@H](C(=O)c2cccs2)[C@@](O)(C(F)(F)F)N1. The van der Waals surface area contributed by atoms with Crippen LogP contribution >= 0.6 is 11.3 Å². The highest BCUT2D eigenvalue weighted by atomic mass is 32.1. The van der Waals surface area contributed by atoms with Gasteiger partial charge in [-0.3, -0.25) is 4.79 Å². The Hall–Kier alpha value is -2.39. The highest BCUT2D eigenvalue weighted by Crippen LogP contribution is 2.44. The minimum atomic E-state index is -5.24. The van der Waals surface area contributed by atoms with Gasteiger partial charge >= 0.3 is 12.2 Å². The second kappa shape index (κ2) is 6.16. The zero-order valence-electron chi connectivity index (χ0n) is 12.6. The summed E-state index contributed by atoms with van der Waals surface area (Å²) >= 11 is 0.966. The topological polar surface area (TPSA) is 78.4 Å². The van der Waals surface area contributed by atoms with Gasteiger partial charge in [-0.2, -0.15) is 13.2 Å². The van der Waals surface area contributed by atoms with Crippen molar-refractivity contribution in [3.8, 4) is 0 Å². The predicted octanol–water partition coefficient (Wildman–Crippen LogP) is 2.85. The van der Waals surface area contributed by atoms with E-state index >= 15 is 0 Å². The number of amides is 2. The van der Waals surface area contributed by atoms with Gasteiger partial charge in [0, 0.05) is 0 Å². The quantitative estimate of drug-likeness (QED) is 0.727. The largest absolute Gasteiger partial charge is 0.437 e. The molecule has 5 nitrogen and oxygen atoms in total. The molecule has 0 spiro atoms. The van der Waals surface area contributed by atoms with Gasteiger partial charge in [0.1, 0.15) is 5.92 Å². The molecule has 0 bridgehead atoms. The molecular formula is C16H13F3N2O3S. The van der Waals surface area contributed by atoms with Gasteiger partial charge in [0.25, 0.3) is 0 Å². The molecule has 2 aromatic rings. The number of hydrogen-bond donors (Lipinski definition) is 3. The zero-order chi connectivity index (χ0) is 18.2. The molecule has 25 heavy (non-hydrogen) atoms. The fraction of sp³-hybridized carbons (Fsp3) is 0.250. The van der Waals surface area contributed by atoms with E-state index in [1.165, 1.54) is 29.6 Å². The number of Topliss-reactive ketones (excluding diaryl/α,β-unsaturated/α-hetero) is 1.